The molecule has 0 fully saturated rings. The fourth-order valence-corrected chi connectivity index (χ4v) is 2.47. The van der Waals surface area contributed by atoms with E-state index in [1.54, 1.807) is 0 Å². The molecule has 0 aliphatic carbocycles. The smallest absolute Gasteiger partial charge is 0.174 e. The van der Waals surface area contributed by atoms with Crippen molar-refractivity contribution < 1.29 is 9.53 Å². The lowest BCUT2D eigenvalue weighted by Crippen LogP contribution is -2.37. The van der Waals surface area contributed by atoms with Crippen LogP contribution < -0.4 is 10.1 Å². The molecule has 1 atom stereocenters. The Labute approximate surface area is 127 Å². The number of hydrogen-bond donors (Lipinski definition) is 1. The van der Waals surface area contributed by atoms with Crippen LogP contribution in [-0.4, -0.2) is 25.5 Å². The van der Waals surface area contributed by atoms with E-state index in [4.69, 9.17) is 4.74 Å². The van der Waals surface area contributed by atoms with Gasteiger partial charge >= 0.3 is 0 Å². The molecule has 0 spiro atoms. The predicted molar refractivity (Wildman–Crippen MR) is 84.3 cm³/mol. The molecule has 1 aromatic rings. The van der Waals surface area contributed by atoms with E-state index < -0.39 is 0 Å². The quantitative estimate of drug-likeness (QED) is 0.848. The summed E-state index contributed by atoms with van der Waals surface area (Å²) in [5.74, 6) is 0.964. The normalized spacial score (nSPS) is 17.1. The van der Waals surface area contributed by atoms with Gasteiger partial charge in [0.2, 0.25) is 0 Å². The lowest BCUT2D eigenvalue weighted by molar-refractivity contribution is 0.0828. The Bertz CT molecular complexity index is 474. The summed E-state index contributed by atoms with van der Waals surface area (Å²) < 4.78 is 5.81. The molecule has 1 aliphatic heterocycles. The summed E-state index contributed by atoms with van der Waals surface area (Å²) in [6, 6.07) is 4.02. The number of unbranched alkanes of at least 4 members (excludes halogenated alkanes) is 1. The van der Waals surface area contributed by atoms with Crippen molar-refractivity contribution in [3.05, 3.63) is 28.8 Å². The second-order valence-corrected chi connectivity index (χ2v) is 5.33. The van der Waals surface area contributed by atoms with Crippen molar-refractivity contribution in [2.75, 3.05) is 19.7 Å². The Morgan fingerprint density at radius 1 is 1.30 bits per heavy atom. The van der Waals surface area contributed by atoms with Crippen LogP contribution in [0, 0.1) is 19.8 Å². The minimum Gasteiger partial charge on any atom is -0.492 e. The first-order chi connectivity index (χ1) is 9.15. The number of ketones is 1. The first-order valence-electron chi connectivity index (χ1n) is 7.13. The predicted octanol–water partition coefficient (Wildman–Crippen LogP) is 3.31. The SMILES string of the molecule is CCCCNCC1COc2c(C)ccc(C)c2C1=O.Cl. The Morgan fingerprint density at radius 3 is 2.70 bits per heavy atom. The minimum atomic E-state index is -0.0511. The van der Waals surface area contributed by atoms with Gasteiger partial charge in [0, 0.05) is 6.54 Å². The fourth-order valence-electron chi connectivity index (χ4n) is 2.47. The zero-order chi connectivity index (χ0) is 13.8. The van der Waals surface area contributed by atoms with Crippen molar-refractivity contribution in [3.63, 3.8) is 0 Å². The zero-order valence-corrected chi connectivity index (χ0v) is 13.3. The van der Waals surface area contributed by atoms with Crippen molar-refractivity contribution in [2.45, 2.75) is 33.6 Å². The molecule has 0 amide bonds. The molecule has 0 saturated carbocycles. The lowest BCUT2D eigenvalue weighted by atomic mass is 9.90. The maximum absolute atomic E-state index is 12.5. The van der Waals surface area contributed by atoms with Crippen LogP contribution in [0.4, 0.5) is 0 Å². The highest BCUT2D eigenvalue weighted by Crippen LogP contribution is 2.32. The molecule has 1 aromatic carbocycles. The van der Waals surface area contributed by atoms with Gasteiger partial charge in [0.05, 0.1) is 18.1 Å². The topological polar surface area (TPSA) is 38.3 Å². The molecule has 0 radical (unpaired) electrons. The number of carbonyl (C=O) groups excluding carboxylic acids is 1. The molecule has 0 bridgehead atoms. The third kappa shape index (κ3) is 3.53. The number of rotatable bonds is 5. The van der Waals surface area contributed by atoms with E-state index in [2.05, 4.69) is 12.2 Å². The molecule has 0 aromatic heterocycles. The van der Waals surface area contributed by atoms with Gasteiger partial charge in [-0.15, -0.1) is 12.4 Å². The van der Waals surface area contributed by atoms with E-state index in [0.29, 0.717) is 13.2 Å². The van der Waals surface area contributed by atoms with Crippen molar-refractivity contribution in [1.29, 1.82) is 0 Å². The Morgan fingerprint density at radius 2 is 2.00 bits per heavy atom. The van der Waals surface area contributed by atoms with E-state index >= 15 is 0 Å². The van der Waals surface area contributed by atoms with Gasteiger partial charge in [-0.3, -0.25) is 4.79 Å². The minimum absolute atomic E-state index is 0. The van der Waals surface area contributed by atoms with Crippen molar-refractivity contribution in [1.82, 2.24) is 5.32 Å². The average molecular weight is 298 g/mol. The molecule has 1 heterocycles. The van der Waals surface area contributed by atoms with Gasteiger partial charge in [-0.2, -0.15) is 0 Å². The number of fused-ring (bicyclic) bond motifs is 1. The van der Waals surface area contributed by atoms with Crippen LogP contribution in [-0.2, 0) is 0 Å². The number of carbonyl (C=O) groups is 1. The van der Waals surface area contributed by atoms with Crippen LogP contribution in [0.3, 0.4) is 0 Å². The van der Waals surface area contributed by atoms with E-state index in [1.807, 2.05) is 26.0 Å². The Hall–Kier alpha value is -1.06. The van der Waals surface area contributed by atoms with Crippen LogP contribution in [0.15, 0.2) is 12.1 Å². The summed E-state index contributed by atoms with van der Waals surface area (Å²) in [5.41, 5.74) is 2.85. The van der Waals surface area contributed by atoms with Gasteiger partial charge in [0.1, 0.15) is 5.75 Å². The molecule has 4 heteroatoms. The molecule has 0 saturated heterocycles. The van der Waals surface area contributed by atoms with E-state index in [1.165, 1.54) is 6.42 Å². The Kier molecular flexibility index (Phi) is 6.50. The van der Waals surface area contributed by atoms with Gasteiger partial charge in [0.15, 0.2) is 5.78 Å². The third-order valence-electron chi connectivity index (χ3n) is 3.71. The van der Waals surface area contributed by atoms with Crippen molar-refractivity contribution in [3.8, 4) is 5.75 Å². The highest BCUT2D eigenvalue weighted by Gasteiger charge is 2.30. The van der Waals surface area contributed by atoms with E-state index in [0.717, 1.165) is 35.4 Å². The van der Waals surface area contributed by atoms with Gasteiger partial charge < -0.3 is 10.1 Å². The van der Waals surface area contributed by atoms with E-state index in [9.17, 15) is 4.79 Å². The molecule has 112 valence electrons. The second kappa shape index (κ2) is 7.65. The standard InChI is InChI=1S/C16H23NO2.ClH/c1-4-5-8-17-9-13-10-19-16-12(3)7-6-11(2)14(16)15(13)18;/h6-7,13,17H,4-5,8-10H2,1-3H3;1H. The first-order valence-corrected chi connectivity index (χ1v) is 7.13. The third-order valence-corrected chi connectivity index (χ3v) is 3.71. The highest BCUT2D eigenvalue weighted by atomic mass is 35.5. The number of halogens is 1. The zero-order valence-electron chi connectivity index (χ0n) is 12.5. The van der Waals surface area contributed by atoms with Crippen LogP contribution >= 0.6 is 12.4 Å². The molecular formula is C16H24ClNO2. The molecular weight excluding hydrogens is 274 g/mol. The van der Waals surface area contributed by atoms with Gasteiger partial charge in [-0.05, 0) is 37.9 Å². The molecule has 1 aliphatic rings. The number of nitrogens with one attached hydrogen (secondary N) is 1. The van der Waals surface area contributed by atoms with Gasteiger partial charge in [0.25, 0.3) is 0 Å². The maximum Gasteiger partial charge on any atom is 0.174 e. The second-order valence-electron chi connectivity index (χ2n) is 5.33. The number of benzene rings is 1. The van der Waals surface area contributed by atoms with Crippen molar-refractivity contribution in [2.24, 2.45) is 5.92 Å². The monoisotopic (exact) mass is 297 g/mol. The highest BCUT2D eigenvalue weighted by molar-refractivity contribution is 6.03. The van der Waals surface area contributed by atoms with Crippen LogP contribution in [0.1, 0.15) is 41.3 Å². The van der Waals surface area contributed by atoms with Crippen LogP contribution in [0.25, 0.3) is 0 Å². The number of ether oxygens (including phenoxy) is 1. The molecule has 20 heavy (non-hydrogen) atoms. The Balaban J connectivity index is 0.00000200. The van der Waals surface area contributed by atoms with Crippen LogP contribution in [0.5, 0.6) is 5.75 Å². The summed E-state index contributed by atoms with van der Waals surface area (Å²) in [6.45, 7) is 8.32. The fraction of sp³-hybridized carbons (Fsp3) is 0.562. The molecule has 3 nitrogen and oxygen atoms in total. The average Bonchev–Trinajstić information content (AvgIpc) is 2.40. The number of aryl methyl sites for hydroxylation is 2. The number of hydrogen-bond acceptors (Lipinski definition) is 3. The molecule has 1 unspecified atom stereocenters. The van der Waals surface area contributed by atoms with E-state index in [-0.39, 0.29) is 24.1 Å². The van der Waals surface area contributed by atoms with Crippen molar-refractivity contribution >= 4 is 18.2 Å². The first kappa shape index (κ1) is 17.0. The largest absolute Gasteiger partial charge is 0.492 e. The van der Waals surface area contributed by atoms with Gasteiger partial charge in [-0.1, -0.05) is 25.5 Å². The summed E-state index contributed by atoms with van der Waals surface area (Å²) in [6.07, 6.45) is 2.32. The number of Topliss-reactive ketones (excluding diaryl/α,β-unsaturated/α-hetero) is 1. The van der Waals surface area contributed by atoms with Gasteiger partial charge in [-0.25, -0.2) is 0 Å². The maximum atomic E-state index is 12.5. The summed E-state index contributed by atoms with van der Waals surface area (Å²) in [7, 11) is 0. The van der Waals surface area contributed by atoms with Crippen LogP contribution in [0.2, 0.25) is 0 Å². The lowest BCUT2D eigenvalue weighted by Gasteiger charge is -2.26. The molecule has 1 N–H and O–H groups in total. The summed E-state index contributed by atoms with van der Waals surface area (Å²) in [5, 5.41) is 3.35. The summed E-state index contributed by atoms with van der Waals surface area (Å²) in [4.78, 5) is 12.5. The summed E-state index contributed by atoms with van der Waals surface area (Å²) >= 11 is 0. The molecule has 2 rings (SSSR count).